The highest BCUT2D eigenvalue weighted by molar-refractivity contribution is 6.07. The standard InChI is InChI=1S/C24H23N5O4/c1-3-32-19-10-6-17(7-11-19)23-27-21(33-28-23)13-12-20(30)26-18-8-4-16(5-9-18)22(31)24-25-14-15-29(24)2/h4-11,14-15H,3,12-13H2,1-2H3,(H,26,30). The Kier molecular flexibility index (Phi) is 6.58. The van der Waals surface area contributed by atoms with Gasteiger partial charge in [-0.3, -0.25) is 9.59 Å². The summed E-state index contributed by atoms with van der Waals surface area (Å²) in [6, 6.07) is 14.1. The van der Waals surface area contributed by atoms with Gasteiger partial charge in [0.1, 0.15) is 5.75 Å². The van der Waals surface area contributed by atoms with Gasteiger partial charge in [0.15, 0.2) is 5.82 Å². The van der Waals surface area contributed by atoms with Gasteiger partial charge in [-0.2, -0.15) is 4.98 Å². The van der Waals surface area contributed by atoms with E-state index in [4.69, 9.17) is 9.26 Å². The van der Waals surface area contributed by atoms with Crippen molar-refractivity contribution in [2.24, 2.45) is 7.05 Å². The van der Waals surface area contributed by atoms with Crippen LogP contribution in [0.3, 0.4) is 0 Å². The van der Waals surface area contributed by atoms with E-state index in [-0.39, 0.29) is 18.1 Å². The highest BCUT2D eigenvalue weighted by Gasteiger charge is 2.14. The van der Waals surface area contributed by atoms with Crippen LogP contribution in [0.1, 0.15) is 35.4 Å². The lowest BCUT2D eigenvalue weighted by molar-refractivity contribution is -0.116. The molecule has 4 aromatic rings. The van der Waals surface area contributed by atoms with Crippen LogP contribution in [0.5, 0.6) is 5.75 Å². The zero-order chi connectivity index (χ0) is 23.2. The molecule has 0 radical (unpaired) electrons. The van der Waals surface area contributed by atoms with Gasteiger partial charge in [-0.05, 0) is 55.5 Å². The number of aromatic nitrogens is 4. The SMILES string of the molecule is CCOc1ccc(-c2noc(CCC(=O)Nc3ccc(C(=O)c4nccn4C)cc3)n2)cc1. The number of amides is 1. The van der Waals surface area contributed by atoms with E-state index in [2.05, 4.69) is 20.4 Å². The largest absolute Gasteiger partial charge is 0.494 e. The van der Waals surface area contributed by atoms with Crippen LogP contribution >= 0.6 is 0 Å². The van der Waals surface area contributed by atoms with Gasteiger partial charge in [-0.1, -0.05) is 5.16 Å². The van der Waals surface area contributed by atoms with Crippen molar-refractivity contribution >= 4 is 17.4 Å². The fraction of sp³-hybridized carbons (Fsp3) is 0.208. The summed E-state index contributed by atoms with van der Waals surface area (Å²) in [5.41, 5.74) is 1.89. The second-order valence-electron chi connectivity index (χ2n) is 7.29. The smallest absolute Gasteiger partial charge is 0.228 e. The number of aryl methyl sites for hydroxylation is 2. The van der Waals surface area contributed by atoms with Gasteiger partial charge in [0.05, 0.1) is 6.61 Å². The molecule has 1 amide bonds. The molecule has 33 heavy (non-hydrogen) atoms. The normalized spacial score (nSPS) is 10.7. The second kappa shape index (κ2) is 9.90. The third-order valence-electron chi connectivity index (χ3n) is 4.91. The number of ether oxygens (including phenoxy) is 1. The molecule has 0 aliphatic heterocycles. The molecule has 168 valence electrons. The molecule has 0 saturated heterocycles. The first kappa shape index (κ1) is 21.9. The van der Waals surface area contributed by atoms with Gasteiger partial charge in [-0.25, -0.2) is 4.98 Å². The van der Waals surface area contributed by atoms with Crippen molar-refractivity contribution in [2.45, 2.75) is 19.8 Å². The number of anilines is 1. The maximum absolute atomic E-state index is 12.5. The van der Waals surface area contributed by atoms with Crippen molar-refractivity contribution in [1.82, 2.24) is 19.7 Å². The predicted molar refractivity (Wildman–Crippen MR) is 121 cm³/mol. The molecule has 0 spiro atoms. The van der Waals surface area contributed by atoms with E-state index < -0.39 is 0 Å². The molecule has 9 heteroatoms. The number of hydrogen-bond acceptors (Lipinski definition) is 7. The Hall–Kier alpha value is -4.27. The fourth-order valence-corrected chi connectivity index (χ4v) is 3.20. The number of carbonyl (C=O) groups is 2. The Balaban J connectivity index is 1.30. The number of ketones is 1. The average molecular weight is 445 g/mol. The Labute approximate surface area is 190 Å². The number of nitrogens with one attached hydrogen (secondary N) is 1. The minimum Gasteiger partial charge on any atom is -0.494 e. The van der Waals surface area contributed by atoms with E-state index in [1.165, 1.54) is 0 Å². The molecule has 1 N–H and O–H groups in total. The van der Waals surface area contributed by atoms with E-state index in [0.717, 1.165) is 11.3 Å². The lowest BCUT2D eigenvalue weighted by atomic mass is 10.1. The number of hydrogen-bond donors (Lipinski definition) is 1. The quantitative estimate of drug-likeness (QED) is 0.391. The Morgan fingerprint density at radius 3 is 2.52 bits per heavy atom. The summed E-state index contributed by atoms with van der Waals surface area (Å²) < 4.78 is 12.4. The summed E-state index contributed by atoms with van der Waals surface area (Å²) in [6.07, 6.45) is 3.78. The number of imidazole rings is 1. The fourth-order valence-electron chi connectivity index (χ4n) is 3.20. The first-order valence-corrected chi connectivity index (χ1v) is 10.5. The molecule has 0 saturated carbocycles. The number of benzene rings is 2. The minimum absolute atomic E-state index is 0.179. The molecule has 0 aliphatic rings. The molecular weight excluding hydrogens is 422 g/mol. The van der Waals surface area contributed by atoms with Crippen LogP contribution in [-0.2, 0) is 18.3 Å². The summed E-state index contributed by atoms with van der Waals surface area (Å²) in [6.45, 7) is 2.52. The lowest BCUT2D eigenvalue weighted by Crippen LogP contribution is -2.13. The monoisotopic (exact) mass is 445 g/mol. The van der Waals surface area contributed by atoms with Crippen LogP contribution in [0.2, 0.25) is 0 Å². The molecule has 0 unspecified atom stereocenters. The van der Waals surface area contributed by atoms with Gasteiger partial charge < -0.3 is 19.1 Å². The van der Waals surface area contributed by atoms with Gasteiger partial charge in [0.2, 0.25) is 23.4 Å². The summed E-state index contributed by atoms with van der Waals surface area (Å²) in [7, 11) is 1.76. The van der Waals surface area contributed by atoms with Crippen molar-refractivity contribution in [2.75, 3.05) is 11.9 Å². The third-order valence-corrected chi connectivity index (χ3v) is 4.91. The summed E-state index contributed by atoms with van der Waals surface area (Å²) >= 11 is 0. The van der Waals surface area contributed by atoms with Gasteiger partial charge in [0.25, 0.3) is 0 Å². The zero-order valence-corrected chi connectivity index (χ0v) is 18.3. The molecular formula is C24H23N5O4. The Morgan fingerprint density at radius 2 is 1.85 bits per heavy atom. The first-order valence-electron chi connectivity index (χ1n) is 10.5. The maximum atomic E-state index is 12.5. The van der Waals surface area contributed by atoms with Crippen molar-refractivity contribution in [1.29, 1.82) is 0 Å². The zero-order valence-electron chi connectivity index (χ0n) is 18.3. The topological polar surface area (TPSA) is 112 Å². The summed E-state index contributed by atoms with van der Waals surface area (Å²) in [4.78, 5) is 33.2. The Morgan fingerprint density at radius 1 is 1.09 bits per heavy atom. The molecule has 4 rings (SSSR count). The number of rotatable bonds is 9. The second-order valence-corrected chi connectivity index (χ2v) is 7.29. The third kappa shape index (κ3) is 5.32. The van der Waals surface area contributed by atoms with Gasteiger partial charge in [0, 0.05) is 49.1 Å². The number of nitrogens with zero attached hydrogens (tertiary/aromatic N) is 4. The minimum atomic E-state index is -0.195. The van der Waals surface area contributed by atoms with Gasteiger partial charge in [-0.15, -0.1) is 0 Å². The van der Waals surface area contributed by atoms with Crippen LogP contribution in [0, 0.1) is 0 Å². The molecule has 2 aromatic heterocycles. The van der Waals surface area contributed by atoms with Crippen molar-refractivity contribution < 1.29 is 18.8 Å². The summed E-state index contributed by atoms with van der Waals surface area (Å²) in [5.74, 6) is 1.59. The first-order chi connectivity index (χ1) is 16.0. The van der Waals surface area contributed by atoms with Crippen LogP contribution in [0.4, 0.5) is 5.69 Å². The van der Waals surface area contributed by atoms with E-state index >= 15 is 0 Å². The van der Waals surface area contributed by atoms with E-state index in [1.807, 2.05) is 31.2 Å². The highest BCUT2D eigenvalue weighted by atomic mass is 16.5. The molecule has 0 atom stereocenters. The average Bonchev–Trinajstić information content (AvgIpc) is 3.48. The van der Waals surface area contributed by atoms with E-state index in [0.29, 0.717) is 41.8 Å². The number of carbonyl (C=O) groups excluding carboxylic acids is 2. The molecule has 0 bridgehead atoms. The lowest BCUT2D eigenvalue weighted by Gasteiger charge is -2.06. The van der Waals surface area contributed by atoms with Crippen molar-refractivity contribution in [3.63, 3.8) is 0 Å². The molecule has 0 fully saturated rings. The molecule has 0 aliphatic carbocycles. The van der Waals surface area contributed by atoms with Crippen molar-refractivity contribution in [3.8, 4) is 17.1 Å². The van der Waals surface area contributed by atoms with Crippen LogP contribution in [0.25, 0.3) is 11.4 Å². The van der Waals surface area contributed by atoms with Crippen molar-refractivity contribution in [3.05, 3.63) is 78.2 Å². The van der Waals surface area contributed by atoms with E-state index in [9.17, 15) is 9.59 Å². The highest BCUT2D eigenvalue weighted by Crippen LogP contribution is 2.20. The van der Waals surface area contributed by atoms with E-state index in [1.54, 1.807) is 48.3 Å². The molecule has 2 heterocycles. The van der Waals surface area contributed by atoms with Crippen LogP contribution in [0.15, 0.2) is 65.4 Å². The molecule has 9 nitrogen and oxygen atoms in total. The van der Waals surface area contributed by atoms with Crippen LogP contribution in [-0.4, -0.2) is 38.0 Å². The predicted octanol–water partition coefficient (Wildman–Crippen LogP) is 3.67. The Bertz CT molecular complexity index is 1240. The molecule has 2 aromatic carbocycles. The maximum Gasteiger partial charge on any atom is 0.228 e. The van der Waals surface area contributed by atoms with Gasteiger partial charge >= 0.3 is 0 Å². The summed E-state index contributed by atoms with van der Waals surface area (Å²) in [5, 5.41) is 6.79. The van der Waals surface area contributed by atoms with Crippen LogP contribution < -0.4 is 10.1 Å².